The summed E-state index contributed by atoms with van der Waals surface area (Å²) in [6, 6.07) is 18.7. The quantitative estimate of drug-likeness (QED) is 0.184. The second-order valence-electron chi connectivity index (χ2n) is 11.8. The Labute approximate surface area is 248 Å². The van der Waals surface area contributed by atoms with Gasteiger partial charge in [-0.25, -0.2) is 0 Å². The summed E-state index contributed by atoms with van der Waals surface area (Å²) in [5.74, 6) is -0.897. The third-order valence-corrected chi connectivity index (χ3v) is 11.3. The lowest BCUT2D eigenvalue weighted by molar-refractivity contribution is -0.385. The third-order valence-electron chi connectivity index (χ3n) is 8.78. The molecule has 0 aliphatic carbocycles. The van der Waals surface area contributed by atoms with Crippen molar-refractivity contribution in [2.45, 2.75) is 50.2 Å². The summed E-state index contributed by atoms with van der Waals surface area (Å²) in [4.78, 5) is 51.8. The second kappa shape index (κ2) is 10.5. The molecule has 0 bridgehead atoms. The molecule has 0 radical (unpaired) electrons. The van der Waals surface area contributed by atoms with E-state index in [1.807, 2.05) is 25.1 Å². The molecule has 3 heterocycles. The number of ether oxygens (including phenoxy) is 1. The first-order valence-electron chi connectivity index (χ1n) is 14.2. The molecule has 1 spiro atoms. The van der Waals surface area contributed by atoms with Gasteiger partial charge in [-0.05, 0) is 49.3 Å². The van der Waals surface area contributed by atoms with E-state index in [1.54, 1.807) is 60.6 Å². The number of anilines is 1. The van der Waals surface area contributed by atoms with E-state index < -0.39 is 36.4 Å². The summed E-state index contributed by atoms with van der Waals surface area (Å²) in [5, 5.41) is 27.2. The number of amides is 1. The molecule has 6 rings (SSSR count). The Kier molecular flexibility index (Phi) is 7.04. The first-order valence-corrected chi connectivity index (χ1v) is 17.2. The van der Waals surface area contributed by atoms with Crippen molar-refractivity contribution in [1.29, 1.82) is 0 Å². The van der Waals surface area contributed by atoms with E-state index in [2.05, 4.69) is 5.10 Å². The number of nitrogens with zero attached hydrogens (tertiary/aromatic N) is 4. The Morgan fingerprint density at radius 1 is 1.09 bits per heavy atom. The van der Waals surface area contributed by atoms with Crippen molar-refractivity contribution >= 4 is 36.4 Å². The summed E-state index contributed by atoms with van der Waals surface area (Å²) in [6.45, 7) is 5.31. The van der Waals surface area contributed by atoms with Gasteiger partial charge in [-0.15, -0.1) is 0 Å². The van der Waals surface area contributed by atoms with Crippen LogP contribution < -0.4 is 10.5 Å². The number of rotatable bonds is 7. The number of hydrogen-bond acceptors (Lipinski definition) is 8. The molecule has 2 aliphatic heterocycles. The fourth-order valence-corrected chi connectivity index (χ4v) is 9.58. The number of aliphatic hydroxyl groups excluding tert-OH is 1. The molecule has 2 aliphatic rings. The third kappa shape index (κ3) is 4.57. The van der Waals surface area contributed by atoms with E-state index in [1.165, 1.54) is 16.8 Å². The molecular formula is C31H32N4O7Si. The van der Waals surface area contributed by atoms with Crippen LogP contribution in [0.2, 0.25) is 18.6 Å². The molecule has 222 valence electrons. The van der Waals surface area contributed by atoms with Gasteiger partial charge in [0.15, 0.2) is 13.9 Å². The van der Waals surface area contributed by atoms with Crippen LogP contribution >= 0.6 is 0 Å². The highest BCUT2D eigenvalue weighted by atomic mass is 28.4. The number of aromatic nitrogens is 2. The minimum Gasteiger partial charge on any atom is -0.432 e. The van der Waals surface area contributed by atoms with Crippen molar-refractivity contribution in [2.24, 2.45) is 5.92 Å². The van der Waals surface area contributed by atoms with Gasteiger partial charge in [0.1, 0.15) is 0 Å². The van der Waals surface area contributed by atoms with Gasteiger partial charge in [0.05, 0.1) is 40.5 Å². The van der Waals surface area contributed by atoms with Crippen molar-refractivity contribution in [3.8, 4) is 5.69 Å². The molecule has 12 heteroatoms. The number of hydrogen-bond donors (Lipinski definition) is 2. The van der Waals surface area contributed by atoms with Crippen molar-refractivity contribution in [2.75, 3.05) is 11.5 Å². The number of carbonyl (C=O) groups excluding carboxylic acids is 1. The Bertz CT molecular complexity index is 1820. The molecular weight excluding hydrogens is 568 g/mol. The maximum atomic E-state index is 14.5. The first-order chi connectivity index (χ1) is 20.5. The zero-order valence-electron chi connectivity index (χ0n) is 24.0. The van der Waals surface area contributed by atoms with E-state index >= 15 is 0 Å². The lowest BCUT2D eigenvalue weighted by Crippen LogP contribution is -2.46. The molecule has 4 aromatic rings. The number of nitro groups is 1. The van der Waals surface area contributed by atoms with Crippen LogP contribution in [0, 0.1) is 16.0 Å². The van der Waals surface area contributed by atoms with E-state index in [4.69, 9.17) is 4.74 Å². The Hall–Kier alpha value is -4.23. The van der Waals surface area contributed by atoms with Crippen molar-refractivity contribution in [3.63, 3.8) is 0 Å². The van der Waals surface area contributed by atoms with Crippen LogP contribution in [-0.4, -0.2) is 51.5 Å². The lowest BCUT2D eigenvalue weighted by atomic mass is 9.82. The Morgan fingerprint density at radius 2 is 1.86 bits per heavy atom. The highest BCUT2D eigenvalue weighted by Crippen LogP contribution is 2.60. The smallest absolute Gasteiger partial charge is 0.279 e. The fourth-order valence-electron chi connectivity index (χ4n) is 6.98. The van der Waals surface area contributed by atoms with E-state index in [0.717, 1.165) is 5.39 Å². The Morgan fingerprint density at radius 3 is 2.58 bits per heavy atom. The SMILES string of the molecule is C[C@@H]1[C@@H]([Si](C)(C)O)[C@H](CCO)O[C@@]12C(=O)N(Cc1cccc(-n3ncc4ccccc4c3=O)c1)c1ccc([N+](=O)[O-])cc12. The molecule has 1 saturated heterocycles. The van der Waals surface area contributed by atoms with Gasteiger partial charge in [-0.1, -0.05) is 37.3 Å². The van der Waals surface area contributed by atoms with E-state index in [-0.39, 0.29) is 36.7 Å². The number of carbonyl (C=O) groups is 1. The summed E-state index contributed by atoms with van der Waals surface area (Å²) < 4.78 is 7.85. The van der Waals surface area contributed by atoms with Gasteiger partial charge >= 0.3 is 0 Å². The molecule has 2 N–H and O–H groups in total. The van der Waals surface area contributed by atoms with Crippen LogP contribution in [0.25, 0.3) is 16.5 Å². The largest absolute Gasteiger partial charge is 0.432 e. The second-order valence-corrected chi connectivity index (χ2v) is 15.8. The molecule has 11 nitrogen and oxygen atoms in total. The van der Waals surface area contributed by atoms with Gasteiger partial charge in [-0.3, -0.25) is 19.7 Å². The predicted octanol–water partition coefficient (Wildman–Crippen LogP) is 4.02. The number of fused-ring (bicyclic) bond motifs is 3. The number of benzene rings is 3. The standard InChI is InChI=1S/C31H32N4O7Si/c1-19-28(43(2,3)41)27(13-14-36)42-31(19)25-16-23(35(39)40)11-12-26(25)33(30(31)38)18-20-7-6-9-22(15-20)34-29(37)24-10-5-4-8-21(24)17-32-34/h4-12,15-17,19,27-28,36,41H,13-14,18H2,1-3H3/t19-,27+,28-,31+/m1/s1. The zero-order chi connectivity index (χ0) is 30.7. The van der Waals surface area contributed by atoms with Crippen LogP contribution in [0.15, 0.2) is 77.7 Å². The number of aliphatic hydroxyl groups is 1. The monoisotopic (exact) mass is 600 g/mol. The van der Waals surface area contributed by atoms with Gasteiger partial charge in [0.25, 0.3) is 17.2 Å². The topological polar surface area (TPSA) is 148 Å². The number of non-ortho nitro benzene ring substituents is 1. The molecule has 1 amide bonds. The van der Waals surface area contributed by atoms with Crippen LogP contribution in [0.5, 0.6) is 0 Å². The maximum Gasteiger partial charge on any atom is 0.279 e. The van der Waals surface area contributed by atoms with E-state index in [0.29, 0.717) is 27.9 Å². The zero-order valence-corrected chi connectivity index (χ0v) is 25.0. The van der Waals surface area contributed by atoms with Gasteiger partial charge < -0.3 is 19.5 Å². The van der Waals surface area contributed by atoms with E-state index in [9.17, 15) is 29.6 Å². The summed E-state index contributed by atoms with van der Waals surface area (Å²) in [7, 11) is -2.91. The summed E-state index contributed by atoms with van der Waals surface area (Å²) >= 11 is 0. The number of nitro benzene ring substituents is 1. The summed E-state index contributed by atoms with van der Waals surface area (Å²) in [6.07, 6.45) is 1.25. The minimum atomic E-state index is -2.91. The van der Waals surface area contributed by atoms with Crippen molar-refractivity contribution in [3.05, 3.63) is 105 Å². The first kappa shape index (κ1) is 28.9. The molecule has 0 saturated carbocycles. The average Bonchev–Trinajstić information content (AvgIpc) is 3.40. The lowest BCUT2D eigenvalue weighted by Gasteiger charge is -2.32. The van der Waals surface area contributed by atoms with Crippen LogP contribution in [-0.2, 0) is 21.7 Å². The molecule has 43 heavy (non-hydrogen) atoms. The highest BCUT2D eigenvalue weighted by molar-refractivity contribution is 6.71. The van der Waals surface area contributed by atoms with Gasteiger partial charge in [0, 0.05) is 41.1 Å². The van der Waals surface area contributed by atoms with Crippen molar-refractivity contribution in [1.82, 2.24) is 9.78 Å². The van der Waals surface area contributed by atoms with Crippen molar-refractivity contribution < 1.29 is 24.4 Å². The van der Waals surface area contributed by atoms with Crippen LogP contribution in [0.4, 0.5) is 11.4 Å². The normalized spacial score (nSPS) is 23.3. The Balaban J connectivity index is 1.43. The fraction of sp³-hybridized carbons (Fsp3) is 0.323. The van der Waals surface area contributed by atoms with Gasteiger partial charge in [0.2, 0.25) is 0 Å². The van der Waals surface area contributed by atoms with Crippen LogP contribution in [0.3, 0.4) is 0 Å². The highest BCUT2D eigenvalue weighted by Gasteiger charge is 2.66. The molecule has 1 aromatic heterocycles. The molecule has 3 aromatic carbocycles. The predicted molar refractivity (Wildman–Crippen MR) is 162 cm³/mol. The average molecular weight is 601 g/mol. The summed E-state index contributed by atoms with van der Waals surface area (Å²) in [5.41, 5.74) is -0.303. The maximum absolute atomic E-state index is 14.5. The van der Waals surface area contributed by atoms with Crippen LogP contribution in [0.1, 0.15) is 24.5 Å². The minimum absolute atomic E-state index is 0.104. The molecule has 1 fully saturated rings. The molecule has 4 atom stereocenters. The van der Waals surface area contributed by atoms with Gasteiger partial charge in [-0.2, -0.15) is 9.78 Å². The molecule has 0 unspecified atom stereocenters.